The number of hydrogen-bond donors (Lipinski definition) is 2. The number of hydrogen-bond acceptors (Lipinski definition) is 5. The van der Waals surface area contributed by atoms with Gasteiger partial charge in [0.25, 0.3) is 5.91 Å². The summed E-state index contributed by atoms with van der Waals surface area (Å²) in [4.78, 5) is 28.8. The van der Waals surface area contributed by atoms with E-state index in [1.807, 2.05) is 60.3 Å². The van der Waals surface area contributed by atoms with Crippen molar-refractivity contribution in [2.24, 2.45) is 5.73 Å². The predicted molar refractivity (Wildman–Crippen MR) is 118 cm³/mol. The summed E-state index contributed by atoms with van der Waals surface area (Å²) in [5.74, 6) is 1.15. The quantitative estimate of drug-likeness (QED) is 0.680. The molecule has 0 spiro atoms. The van der Waals surface area contributed by atoms with Crippen LogP contribution in [0.25, 0.3) is 0 Å². The van der Waals surface area contributed by atoms with Crippen LogP contribution in [0.5, 0.6) is 0 Å². The van der Waals surface area contributed by atoms with Gasteiger partial charge in [-0.3, -0.25) is 9.59 Å². The second-order valence-electron chi connectivity index (χ2n) is 7.96. The summed E-state index contributed by atoms with van der Waals surface area (Å²) < 4.78 is 1.88. The Hall–Kier alpha value is -3.65. The molecule has 0 aliphatic carbocycles. The van der Waals surface area contributed by atoms with Crippen molar-refractivity contribution in [1.82, 2.24) is 14.7 Å². The molecule has 2 aromatic carbocycles. The van der Waals surface area contributed by atoms with E-state index in [9.17, 15) is 9.59 Å². The molecule has 2 amide bonds. The first kappa shape index (κ1) is 19.3. The van der Waals surface area contributed by atoms with E-state index in [0.29, 0.717) is 12.4 Å². The molecule has 3 aromatic rings. The molecule has 31 heavy (non-hydrogen) atoms. The van der Waals surface area contributed by atoms with Crippen molar-refractivity contribution in [1.29, 1.82) is 0 Å². The van der Waals surface area contributed by atoms with Gasteiger partial charge in [-0.2, -0.15) is 5.10 Å². The number of amides is 2. The zero-order chi connectivity index (χ0) is 21.5. The maximum absolute atomic E-state index is 12.6. The summed E-state index contributed by atoms with van der Waals surface area (Å²) in [5, 5.41) is 7.35. The van der Waals surface area contributed by atoms with Gasteiger partial charge in [0.2, 0.25) is 5.91 Å². The monoisotopic (exact) mass is 416 g/mol. The lowest BCUT2D eigenvalue weighted by Gasteiger charge is -2.26. The molecule has 1 atom stereocenters. The van der Waals surface area contributed by atoms with Crippen LogP contribution in [0.3, 0.4) is 0 Å². The van der Waals surface area contributed by atoms with Crippen LogP contribution in [0.1, 0.15) is 27.5 Å². The van der Waals surface area contributed by atoms with Crippen molar-refractivity contribution in [2.75, 3.05) is 30.4 Å². The normalized spacial score (nSPS) is 16.1. The van der Waals surface area contributed by atoms with E-state index in [-0.39, 0.29) is 11.8 Å². The molecule has 8 nitrogen and oxygen atoms in total. The van der Waals surface area contributed by atoms with Crippen molar-refractivity contribution < 1.29 is 9.59 Å². The number of nitrogens with two attached hydrogens (primary N) is 1. The van der Waals surface area contributed by atoms with Crippen LogP contribution in [-0.4, -0.2) is 46.6 Å². The Morgan fingerprint density at radius 2 is 1.90 bits per heavy atom. The van der Waals surface area contributed by atoms with Gasteiger partial charge < -0.3 is 20.9 Å². The maximum atomic E-state index is 12.6. The van der Waals surface area contributed by atoms with Crippen LogP contribution >= 0.6 is 0 Å². The second kappa shape index (κ2) is 7.55. The molecule has 3 N–H and O–H groups in total. The number of carbonyl (C=O) groups excluding carboxylic acids is 2. The van der Waals surface area contributed by atoms with Gasteiger partial charge in [0.15, 0.2) is 5.82 Å². The van der Waals surface area contributed by atoms with Gasteiger partial charge >= 0.3 is 0 Å². The van der Waals surface area contributed by atoms with Gasteiger partial charge in [-0.1, -0.05) is 30.3 Å². The molecule has 8 heteroatoms. The van der Waals surface area contributed by atoms with Crippen molar-refractivity contribution in [3.63, 3.8) is 0 Å². The Bertz CT molecular complexity index is 1160. The summed E-state index contributed by atoms with van der Waals surface area (Å²) in [5.41, 5.74) is 9.71. The number of rotatable bonds is 4. The van der Waals surface area contributed by atoms with E-state index in [1.165, 1.54) is 0 Å². The van der Waals surface area contributed by atoms with E-state index in [4.69, 9.17) is 5.73 Å². The number of likely N-dealkylation sites (N-methyl/N-ethyl adjacent to an activating group) is 1. The molecule has 5 rings (SSSR count). The van der Waals surface area contributed by atoms with Gasteiger partial charge in [-0.05, 0) is 35.7 Å². The Kier molecular flexibility index (Phi) is 4.71. The third-order valence-electron chi connectivity index (χ3n) is 5.96. The fourth-order valence-corrected chi connectivity index (χ4v) is 4.20. The van der Waals surface area contributed by atoms with Crippen LogP contribution in [0.15, 0.2) is 54.6 Å². The lowest BCUT2D eigenvalue weighted by atomic mass is 9.98. The first-order valence-corrected chi connectivity index (χ1v) is 10.4. The first-order chi connectivity index (χ1) is 15.0. The highest BCUT2D eigenvalue weighted by Gasteiger charge is 2.27. The molecule has 2 aliphatic heterocycles. The Morgan fingerprint density at radius 1 is 1.10 bits per heavy atom. The number of fused-ring (bicyclic) bond motifs is 2. The number of anilines is 3. The van der Waals surface area contributed by atoms with E-state index in [2.05, 4.69) is 21.4 Å². The van der Waals surface area contributed by atoms with Crippen LogP contribution in [0.2, 0.25) is 0 Å². The van der Waals surface area contributed by atoms with Crippen LogP contribution in [0.4, 0.5) is 17.3 Å². The number of benzene rings is 2. The molecule has 0 fully saturated rings. The van der Waals surface area contributed by atoms with Crippen molar-refractivity contribution in [2.45, 2.75) is 19.0 Å². The van der Waals surface area contributed by atoms with Gasteiger partial charge in [-0.25, -0.2) is 4.68 Å². The van der Waals surface area contributed by atoms with Gasteiger partial charge in [0.1, 0.15) is 11.9 Å². The summed E-state index contributed by atoms with van der Waals surface area (Å²) in [6.45, 7) is 2.23. The van der Waals surface area contributed by atoms with E-state index in [0.717, 1.165) is 47.7 Å². The highest BCUT2D eigenvalue weighted by atomic mass is 16.2. The Morgan fingerprint density at radius 3 is 2.71 bits per heavy atom. The largest absolute Gasteiger partial charge is 0.341 e. The summed E-state index contributed by atoms with van der Waals surface area (Å²) >= 11 is 0. The van der Waals surface area contributed by atoms with E-state index in [1.54, 1.807) is 4.90 Å². The van der Waals surface area contributed by atoms with Crippen LogP contribution in [-0.2, 0) is 17.8 Å². The zero-order valence-electron chi connectivity index (χ0n) is 17.3. The predicted octanol–water partition coefficient (Wildman–Crippen LogP) is 2.30. The van der Waals surface area contributed by atoms with Gasteiger partial charge in [0.05, 0.1) is 6.54 Å². The minimum atomic E-state index is -0.759. The lowest BCUT2D eigenvalue weighted by molar-refractivity contribution is -0.117. The molecule has 0 bridgehead atoms. The number of nitrogens with one attached hydrogen (secondary N) is 1. The SMILES string of the molecule is CN1CCc2cc(N3CCn4nc(NC(=O)[C@H](N)c5ccccc5)cc43)ccc2C1=O. The molecule has 158 valence electrons. The third-order valence-corrected chi connectivity index (χ3v) is 5.96. The number of nitrogens with zero attached hydrogens (tertiary/aromatic N) is 4. The Balaban J connectivity index is 1.35. The van der Waals surface area contributed by atoms with Crippen molar-refractivity contribution in [3.05, 3.63) is 71.3 Å². The Labute approximate surface area is 180 Å². The minimum Gasteiger partial charge on any atom is -0.341 e. The topological polar surface area (TPSA) is 96.5 Å². The van der Waals surface area contributed by atoms with E-state index >= 15 is 0 Å². The third kappa shape index (κ3) is 3.44. The van der Waals surface area contributed by atoms with Crippen LogP contribution < -0.4 is 16.0 Å². The molecule has 0 radical (unpaired) electrons. The average molecular weight is 416 g/mol. The van der Waals surface area contributed by atoms with E-state index < -0.39 is 6.04 Å². The highest BCUT2D eigenvalue weighted by Crippen LogP contribution is 2.34. The van der Waals surface area contributed by atoms with Crippen LogP contribution in [0, 0.1) is 0 Å². The molecule has 0 unspecified atom stereocenters. The molecular formula is C23H24N6O2. The van der Waals surface area contributed by atoms with Gasteiger partial charge in [0, 0.05) is 37.5 Å². The summed E-state index contributed by atoms with van der Waals surface area (Å²) in [6.07, 6.45) is 0.844. The van der Waals surface area contributed by atoms with Crippen molar-refractivity contribution >= 4 is 29.1 Å². The second-order valence-corrected chi connectivity index (χ2v) is 7.96. The molecule has 2 aliphatic rings. The van der Waals surface area contributed by atoms with Crippen molar-refractivity contribution in [3.8, 4) is 0 Å². The van der Waals surface area contributed by atoms with Gasteiger partial charge in [-0.15, -0.1) is 0 Å². The molecule has 0 saturated heterocycles. The maximum Gasteiger partial charge on any atom is 0.253 e. The average Bonchev–Trinajstić information content (AvgIpc) is 3.36. The summed E-state index contributed by atoms with van der Waals surface area (Å²) in [6, 6.07) is 16.3. The highest BCUT2D eigenvalue weighted by molar-refractivity contribution is 5.97. The molecule has 1 aromatic heterocycles. The molecule has 0 saturated carbocycles. The summed E-state index contributed by atoms with van der Waals surface area (Å²) in [7, 11) is 1.83. The zero-order valence-corrected chi connectivity index (χ0v) is 17.3. The number of aromatic nitrogens is 2. The lowest BCUT2D eigenvalue weighted by Crippen LogP contribution is -2.34. The smallest absolute Gasteiger partial charge is 0.253 e. The molecular weight excluding hydrogens is 392 g/mol. The fraction of sp³-hybridized carbons (Fsp3) is 0.261. The fourth-order valence-electron chi connectivity index (χ4n) is 4.20. The minimum absolute atomic E-state index is 0.0685. The standard InChI is InChI=1S/C23H24N6O2/c1-27-10-9-16-13-17(7-8-18(16)23(27)31)28-11-12-29-20(28)14-19(26-29)25-22(30)21(24)15-5-3-2-4-6-15/h2-8,13-14,21H,9-12,24H2,1H3,(H,25,26,30)/t21-/m1/s1. The number of carbonyl (C=O) groups is 2. The molecule has 3 heterocycles. The first-order valence-electron chi connectivity index (χ1n) is 10.4.